The van der Waals surface area contributed by atoms with Gasteiger partial charge in [0, 0.05) is 30.4 Å². The van der Waals surface area contributed by atoms with Crippen LogP contribution in [0.3, 0.4) is 0 Å². The number of amides is 1. The molecule has 0 fully saturated rings. The number of rotatable bonds is 4. The molecule has 2 heterocycles. The summed E-state index contributed by atoms with van der Waals surface area (Å²) in [4.78, 5) is 21.3. The van der Waals surface area contributed by atoms with E-state index in [-0.39, 0.29) is 18.6 Å². The maximum absolute atomic E-state index is 12.6. The van der Waals surface area contributed by atoms with Crippen LogP contribution in [0, 0.1) is 0 Å². The van der Waals surface area contributed by atoms with Gasteiger partial charge in [-0.2, -0.15) is 5.10 Å². The summed E-state index contributed by atoms with van der Waals surface area (Å²) >= 11 is 3.45. The van der Waals surface area contributed by atoms with Gasteiger partial charge in [0.25, 0.3) is 5.91 Å². The van der Waals surface area contributed by atoms with Crippen molar-refractivity contribution in [3.8, 4) is 0 Å². The van der Waals surface area contributed by atoms with Crippen molar-refractivity contribution in [1.29, 1.82) is 0 Å². The predicted molar refractivity (Wildman–Crippen MR) is 106 cm³/mol. The van der Waals surface area contributed by atoms with Crippen molar-refractivity contribution in [2.45, 2.75) is 12.5 Å². The number of methoxy groups -OCH3 is 1. The summed E-state index contributed by atoms with van der Waals surface area (Å²) in [7, 11) is 1.51. The molecule has 0 radical (unpaired) electrons. The Bertz CT molecular complexity index is 1020. The summed E-state index contributed by atoms with van der Waals surface area (Å²) < 4.78 is 6.04. The fourth-order valence-corrected chi connectivity index (χ4v) is 3.46. The number of aromatic nitrogens is 2. The van der Waals surface area contributed by atoms with Crippen LogP contribution in [0.5, 0.6) is 0 Å². The minimum atomic E-state index is -0.197. The number of halogens is 1. The molecule has 1 amide bonds. The lowest BCUT2D eigenvalue weighted by atomic mass is 9.98. The van der Waals surface area contributed by atoms with Gasteiger partial charge in [-0.3, -0.25) is 14.8 Å². The standard InChI is InChI=1S/C20H17BrN4O2/c1-27-12-20(26)25-19(11-17(24-25)13-2-5-15(21)6-3-13)14-4-7-16-18(10-14)23-9-8-22-16/h2-10,19H,11-12H2,1H3. The van der Waals surface area contributed by atoms with Gasteiger partial charge in [0.15, 0.2) is 0 Å². The first-order valence-corrected chi connectivity index (χ1v) is 9.30. The Morgan fingerprint density at radius 3 is 2.63 bits per heavy atom. The zero-order valence-electron chi connectivity index (χ0n) is 14.7. The largest absolute Gasteiger partial charge is 0.375 e. The molecule has 0 spiro atoms. The molecule has 7 heteroatoms. The molecule has 27 heavy (non-hydrogen) atoms. The summed E-state index contributed by atoms with van der Waals surface area (Å²) in [6.07, 6.45) is 3.96. The molecular weight excluding hydrogens is 408 g/mol. The van der Waals surface area contributed by atoms with E-state index in [0.717, 1.165) is 32.3 Å². The van der Waals surface area contributed by atoms with Crippen molar-refractivity contribution in [2.75, 3.05) is 13.7 Å². The van der Waals surface area contributed by atoms with E-state index in [1.165, 1.54) is 12.1 Å². The topological polar surface area (TPSA) is 67.7 Å². The number of benzene rings is 2. The Labute approximate surface area is 165 Å². The molecule has 1 atom stereocenters. The summed E-state index contributed by atoms with van der Waals surface area (Å²) in [6.45, 7) is -0.0129. The molecule has 2 aromatic carbocycles. The van der Waals surface area contributed by atoms with Crippen LogP contribution in [-0.2, 0) is 9.53 Å². The van der Waals surface area contributed by atoms with Crippen LogP contribution in [0.4, 0.5) is 0 Å². The highest BCUT2D eigenvalue weighted by Crippen LogP contribution is 2.34. The molecule has 0 N–H and O–H groups in total. The quantitative estimate of drug-likeness (QED) is 0.639. The monoisotopic (exact) mass is 424 g/mol. The molecule has 0 aliphatic carbocycles. The molecule has 0 saturated carbocycles. The molecule has 1 aliphatic rings. The Hall–Kier alpha value is -2.64. The lowest BCUT2D eigenvalue weighted by Crippen LogP contribution is -2.30. The summed E-state index contributed by atoms with van der Waals surface area (Å²) in [5.74, 6) is -0.172. The molecule has 1 aliphatic heterocycles. The number of hydrazone groups is 1. The first kappa shape index (κ1) is 17.8. The Morgan fingerprint density at radius 1 is 1.15 bits per heavy atom. The van der Waals surface area contributed by atoms with Gasteiger partial charge in [0.2, 0.25) is 0 Å². The zero-order valence-corrected chi connectivity index (χ0v) is 16.3. The Balaban J connectivity index is 1.71. The zero-order chi connectivity index (χ0) is 18.8. The van der Waals surface area contributed by atoms with E-state index >= 15 is 0 Å². The van der Waals surface area contributed by atoms with E-state index in [1.54, 1.807) is 12.4 Å². The molecule has 3 aromatic rings. The first-order chi connectivity index (χ1) is 13.2. The van der Waals surface area contributed by atoms with Gasteiger partial charge in [0.05, 0.1) is 22.8 Å². The second-order valence-electron chi connectivity index (χ2n) is 6.25. The van der Waals surface area contributed by atoms with Crippen molar-refractivity contribution >= 4 is 38.6 Å². The Morgan fingerprint density at radius 2 is 1.89 bits per heavy atom. The second kappa shape index (κ2) is 7.54. The van der Waals surface area contributed by atoms with E-state index in [4.69, 9.17) is 4.74 Å². The summed E-state index contributed by atoms with van der Waals surface area (Å²) in [6, 6.07) is 13.6. The fourth-order valence-electron chi connectivity index (χ4n) is 3.19. The van der Waals surface area contributed by atoms with Crippen molar-refractivity contribution in [3.05, 3.63) is 70.5 Å². The molecular formula is C20H17BrN4O2. The number of nitrogens with zero attached hydrogens (tertiary/aromatic N) is 4. The Kier molecular flexibility index (Phi) is 4.96. The van der Waals surface area contributed by atoms with E-state index in [1.807, 2.05) is 42.5 Å². The minimum Gasteiger partial charge on any atom is -0.375 e. The SMILES string of the molecule is COCC(=O)N1N=C(c2ccc(Br)cc2)CC1c1ccc2nccnc2c1. The second-order valence-corrected chi connectivity index (χ2v) is 7.16. The van der Waals surface area contributed by atoms with Crippen LogP contribution in [0.15, 0.2) is 64.4 Å². The summed E-state index contributed by atoms with van der Waals surface area (Å²) in [5.41, 5.74) is 4.46. The highest BCUT2D eigenvalue weighted by Gasteiger charge is 2.33. The number of carbonyl (C=O) groups is 1. The average Bonchev–Trinajstić information content (AvgIpc) is 3.14. The molecule has 6 nitrogen and oxygen atoms in total. The molecule has 1 aromatic heterocycles. The molecule has 1 unspecified atom stereocenters. The molecule has 4 rings (SSSR count). The predicted octanol–water partition coefficient (Wildman–Crippen LogP) is 3.72. The fraction of sp³-hybridized carbons (Fsp3) is 0.200. The van der Waals surface area contributed by atoms with Crippen LogP contribution in [-0.4, -0.2) is 40.3 Å². The van der Waals surface area contributed by atoms with Crippen molar-refractivity contribution in [3.63, 3.8) is 0 Å². The lowest BCUT2D eigenvalue weighted by Gasteiger charge is -2.21. The van der Waals surface area contributed by atoms with Crippen molar-refractivity contribution in [1.82, 2.24) is 15.0 Å². The third-order valence-electron chi connectivity index (χ3n) is 4.49. The maximum atomic E-state index is 12.6. The van der Waals surface area contributed by atoms with E-state index < -0.39 is 0 Å². The van der Waals surface area contributed by atoms with Crippen LogP contribution < -0.4 is 0 Å². The number of ether oxygens (including phenoxy) is 1. The molecule has 136 valence electrons. The van der Waals surface area contributed by atoms with Crippen LogP contribution in [0.2, 0.25) is 0 Å². The van der Waals surface area contributed by atoms with Gasteiger partial charge in [-0.1, -0.05) is 34.1 Å². The van der Waals surface area contributed by atoms with Gasteiger partial charge >= 0.3 is 0 Å². The minimum absolute atomic E-state index is 0.0129. The van der Waals surface area contributed by atoms with Crippen molar-refractivity contribution < 1.29 is 9.53 Å². The third kappa shape index (κ3) is 3.61. The number of fused-ring (bicyclic) bond motifs is 1. The highest BCUT2D eigenvalue weighted by molar-refractivity contribution is 9.10. The van der Waals surface area contributed by atoms with Gasteiger partial charge in [-0.05, 0) is 35.4 Å². The van der Waals surface area contributed by atoms with E-state index in [0.29, 0.717) is 6.42 Å². The third-order valence-corrected chi connectivity index (χ3v) is 5.02. The molecule has 0 saturated heterocycles. The van der Waals surface area contributed by atoms with Crippen molar-refractivity contribution in [2.24, 2.45) is 5.10 Å². The average molecular weight is 425 g/mol. The smallest absolute Gasteiger partial charge is 0.269 e. The normalized spacial score (nSPS) is 16.6. The lowest BCUT2D eigenvalue weighted by molar-refractivity contribution is -0.136. The van der Waals surface area contributed by atoms with E-state index in [2.05, 4.69) is 31.0 Å². The maximum Gasteiger partial charge on any atom is 0.269 e. The van der Waals surface area contributed by atoms with E-state index in [9.17, 15) is 4.79 Å². The summed E-state index contributed by atoms with van der Waals surface area (Å²) in [5, 5.41) is 6.14. The van der Waals surface area contributed by atoms with Gasteiger partial charge in [-0.25, -0.2) is 5.01 Å². The van der Waals surface area contributed by atoms with Gasteiger partial charge in [0.1, 0.15) is 6.61 Å². The highest BCUT2D eigenvalue weighted by atomic mass is 79.9. The number of carbonyl (C=O) groups excluding carboxylic acids is 1. The number of hydrogen-bond donors (Lipinski definition) is 0. The van der Waals surface area contributed by atoms with Gasteiger partial charge in [-0.15, -0.1) is 0 Å². The number of hydrogen-bond acceptors (Lipinski definition) is 5. The first-order valence-electron chi connectivity index (χ1n) is 8.51. The molecule has 0 bridgehead atoms. The van der Waals surface area contributed by atoms with Crippen LogP contribution >= 0.6 is 15.9 Å². The van der Waals surface area contributed by atoms with Gasteiger partial charge < -0.3 is 4.74 Å². The van der Waals surface area contributed by atoms with Crippen LogP contribution in [0.25, 0.3) is 11.0 Å². The van der Waals surface area contributed by atoms with Crippen LogP contribution in [0.1, 0.15) is 23.6 Å².